The van der Waals surface area contributed by atoms with Crippen LogP contribution in [0.5, 0.6) is 0 Å². The van der Waals surface area contributed by atoms with Gasteiger partial charge >= 0.3 is 0 Å². The van der Waals surface area contributed by atoms with Crippen LogP contribution in [0.3, 0.4) is 0 Å². The summed E-state index contributed by atoms with van der Waals surface area (Å²) < 4.78 is 6.28. The van der Waals surface area contributed by atoms with Crippen molar-refractivity contribution in [2.45, 2.75) is 47.6 Å². The van der Waals surface area contributed by atoms with E-state index in [2.05, 4.69) is 77.9 Å². The molecule has 0 aliphatic heterocycles. The Morgan fingerprint density at radius 3 is 1.48 bits per heavy atom. The Balaban J connectivity index is 2.46. The number of hydrogen-bond acceptors (Lipinski definition) is 1. The average molecular weight is 300 g/mol. The summed E-state index contributed by atoms with van der Waals surface area (Å²) in [5.41, 5.74) is 5.32. The van der Waals surface area contributed by atoms with Gasteiger partial charge in [0.05, 0.1) is 14.3 Å². The number of aryl methyl sites for hydroxylation is 4. The summed E-state index contributed by atoms with van der Waals surface area (Å²) in [7, 11) is -0.748. The lowest BCUT2D eigenvalue weighted by molar-refractivity contribution is 0.278. The highest BCUT2D eigenvalue weighted by molar-refractivity contribution is 7.68. The molecule has 0 heterocycles. The minimum Gasteiger partial charge on any atom is -0.347 e. The van der Waals surface area contributed by atoms with Crippen LogP contribution < -0.4 is 10.6 Å². The quantitative estimate of drug-likeness (QED) is 0.744. The fourth-order valence-electron chi connectivity index (χ4n) is 2.19. The van der Waals surface area contributed by atoms with E-state index in [-0.39, 0.29) is 6.10 Å². The van der Waals surface area contributed by atoms with Crippen LogP contribution in [0, 0.1) is 27.7 Å². The maximum absolute atomic E-state index is 6.28. The molecule has 0 aromatic heterocycles. The van der Waals surface area contributed by atoms with Gasteiger partial charge in [0.2, 0.25) is 0 Å². The highest BCUT2D eigenvalue weighted by Gasteiger charge is 2.18. The van der Waals surface area contributed by atoms with Crippen LogP contribution in [0.1, 0.15) is 36.1 Å². The molecule has 0 amide bonds. The zero-order valence-electron chi connectivity index (χ0n) is 13.9. The lowest BCUT2D eigenvalue weighted by Crippen LogP contribution is -2.17. The van der Waals surface area contributed by atoms with E-state index in [4.69, 9.17) is 4.52 Å². The maximum atomic E-state index is 6.28. The monoisotopic (exact) mass is 300 g/mol. The molecule has 1 nitrogen and oxygen atoms in total. The molecule has 2 rings (SSSR count). The summed E-state index contributed by atoms with van der Waals surface area (Å²) >= 11 is 0. The molecule has 0 atom stereocenters. The molecule has 0 aliphatic carbocycles. The molecule has 2 aromatic rings. The third-order valence-electron chi connectivity index (χ3n) is 3.77. The zero-order valence-corrected chi connectivity index (χ0v) is 14.8. The van der Waals surface area contributed by atoms with E-state index in [1.54, 1.807) is 0 Å². The van der Waals surface area contributed by atoms with E-state index in [9.17, 15) is 0 Å². The van der Waals surface area contributed by atoms with Crippen molar-refractivity contribution >= 4 is 18.8 Å². The van der Waals surface area contributed by atoms with Crippen molar-refractivity contribution < 1.29 is 4.52 Å². The van der Waals surface area contributed by atoms with Crippen molar-refractivity contribution in [3.05, 3.63) is 58.7 Å². The fourth-order valence-corrected chi connectivity index (χ4v) is 4.19. The van der Waals surface area contributed by atoms with Gasteiger partial charge in [0.1, 0.15) is 0 Å². The summed E-state index contributed by atoms with van der Waals surface area (Å²) in [6.45, 7) is 12.9. The van der Waals surface area contributed by atoms with Gasteiger partial charge in [-0.3, -0.25) is 0 Å². The average Bonchev–Trinajstić information content (AvgIpc) is 2.42. The van der Waals surface area contributed by atoms with Gasteiger partial charge in [-0.05, 0) is 75.9 Å². The Hall–Kier alpha value is -1.17. The van der Waals surface area contributed by atoms with Crippen molar-refractivity contribution in [2.24, 2.45) is 0 Å². The first-order chi connectivity index (χ1) is 9.88. The van der Waals surface area contributed by atoms with Crippen LogP contribution in [-0.4, -0.2) is 6.10 Å². The predicted octanol–water partition coefficient (Wildman–Crippen LogP) is 4.69. The summed E-state index contributed by atoms with van der Waals surface area (Å²) in [4.78, 5) is 0. The van der Waals surface area contributed by atoms with E-state index in [1.165, 1.54) is 32.9 Å². The predicted molar refractivity (Wildman–Crippen MR) is 94.2 cm³/mol. The molecule has 0 N–H and O–H groups in total. The van der Waals surface area contributed by atoms with Gasteiger partial charge in [0, 0.05) is 10.6 Å². The van der Waals surface area contributed by atoms with E-state index in [1.807, 2.05) is 0 Å². The fraction of sp³-hybridized carbons (Fsp3) is 0.368. The Bertz CT molecular complexity index is 580. The summed E-state index contributed by atoms with van der Waals surface area (Å²) in [5, 5.41) is 2.59. The van der Waals surface area contributed by atoms with Crippen molar-refractivity contribution in [3.63, 3.8) is 0 Å². The first-order valence-corrected chi connectivity index (χ1v) is 8.76. The van der Waals surface area contributed by atoms with Crippen molar-refractivity contribution in [2.75, 3.05) is 0 Å². The van der Waals surface area contributed by atoms with Crippen LogP contribution in [0.4, 0.5) is 0 Å². The molecule has 0 aliphatic rings. The van der Waals surface area contributed by atoms with Crippen molar-refractivity contribution in [1.82, 2.24) is 0 Å². The summed E-state index contributed by atoms with van der Waals surface area (Å²) in [6.07, 6.45) is 0.222. The highest BCUT2D eigenvalue weighted by atomic mass is 31.1. The second-order valence-electron chi connectivity index (χ2n) is 5.99. The molecule has 0 saturated carbocycles. The normalized spacial score (nSPS) is 11.4. The largest absolute Gasteiger partial charge is 0.347 e. The second kappa shape index (κ2) is 6.73. The number of benzene rings is 2. The minimum atomic E-state index is -0.748. The molecular formula is C19H25OP. The second-order valence-corrected chi connectivity index (χ2v) is 7.82. The van der Waals surface area contributed by atoms with Crippen LogP contribution in [-0.2, 0) is 4.52 Å². The maximum Gasteiger partial charge on any atom is 0.0921 e. The first-order valence-electron chi connectivity index (χ1n) is 7.50. The van der Waals surface area contributed by atoms with Crippen LogP contribution in [0.2, 0.25) is 0 Å². The summed E-state index contributed by atoms with van der Waals surface area (Å²) in [5.74, 6) is 0. The molecule has 0 bridgehead atoms. The highest BCUT2D eigenvalue weighted by Crippen LogP contribution is 2.37. The van der Waals surface area contributed by atoms with Crippen molar-refractivity contribution in [1.29, 1.82) is 0 Å². The Morgan fingerprint density at radius 2 is 1.14 bits per heavy atom. The van der Waals surface area contributed by atoms with Gasteiger partial charge in [-0.1, -0.05) is 24.3 Å². The van der Waals surface area contributed by atoms with E-state index in [0.29, 0.717) is 0 Å². The molecule has 0 spiro atoms. The Kier molecular flexibility index (Phi) is 5.19. The topological polar surface area (TPSA) is 9.23 Å². The van der Waals surface area contributed by atoms with E-state index in [0.717, 1.165) is 0 Å². The molecule has 0 fully saturated rings. The number of hydrogen-bond donors (Lipinski definition) is 0. The van der Waals surface area contributed by atoms with Gasteiger partial charge < -0.3 is 4.52 Å². The van der Waals surface area contributed by atoms with Crippen LogP contribution in [0.15, 0.2) is 36.4 Å². The SMILES string of the molecule is Cc1ccc(P(OC(C)C)c2ccc(C)c(C)c2)cc1C. The van der Waals surface area contributed by atoms with E-state index < -0.39 is 8.15 Å². The molecule has 21 heavy (non-hydrogen) atoms. The van der Waals surface area contributed by atoms with Crippen LogP contribution >= 0.6 is 8.15 Å². The molecule has 112 valence electrons. The molecule has 0 unspecified atom stereocenters. The van der Waals surface area contributed by atoms with Gasteiger partial charge in [-0.2, -0.15) is 0 Å². The standard InChI is InChI=1S/C19H25OP/c1-13(2)20-21(18-9-7-14(3)16(5)11-18)19-10-8-15(4)17(6)12-19/h7-13H,1-6H3. The summed E-state index contributed by atoms with van der Waals surface area (Å²) in [6, 6.07) is 13.4. The van der Waals surface area contributed by atoms with Gasteiger partial charge in [-0.25, -0.2) is 0 Å². The molecular weight excluding hydrogens is 275 g/mol. The van der Waals surface area contributed by atoms with Crippen LogP contribution in [0.25, 0.3) is 0 Å². The van der Waals surface area contributed by atoms with Gasteiger partial charge in [0.15, 0.2) is 0 Å². The third kappa shape index (κ3) is 3.93. The molecule has 0 saturated heterocycles. The van der Waals surface area contributed by atoms with Crippen molar-refractivity contribution in [3.8, 4) is 0 Å². The minimum absolute atomic E-state index is 0.222. The molecule has 2 aromatic carbocycles. The zero-order chi connectivity index (χ0) is 15.6. The lowest BCUT2D eigenvalue weighted by atomic mass is 10.1. The smallest absolute Gasteiger partial charge is 0.0921 e. The first kappa shape index (κ1) is 16.2. The number of rotatable bonds is 4. The van der Waals surface area contributed by atoms with Gasteiger partial charge in [0.25, 0.3) is 0 Å². The van der Waals surface area contributed by atoms with E-state index >= 15 is 0 Å². The Morgan fingerprint density at radius 1 is 0.714 bits per heavy atom. The molecule has 0 radical (unpaired) electrons. The Labute approximate surface area is 130 Å². The molecule has 2 heteroatoms. The van der Waals surface area contributed by atoms with Gasteiger partial charge in [-0.15, -0.1) is 0 Å². The third-order valence-corrected chi connectivity index (χ3v) is 5.89. The lowest BCUT2D eigenvalue weighted by Gasteiger charge is -2.22.